The maximum atomic E-state index is 11.0. The van der Waals surface area contributed by atoms with Gasteiger partial charge in [0.25, 0.3) is 0 Å². The number of aliphatic carboxylic acids is 1. The number of hydrogen-bond acceptors (Lipinski definition) is 5. The lowest BCUT2D eigenvalue weighted by molar-refractivity contribution is -0.192. The minimum atomic E-state index is -5.08. The summed E-state index contributed by atoms with van der Waals surface area (Å²) in [5, 5.41) is 10.2. The van der Waals surface area contributed by atoms with Crippen LogP contribution >= 0.6 is 0 Å². The number of ether oxygens (including phenoxy) is 2. The van der Waals surface area contributed by atoms with Crippen LogP contribution in [0, 0.1) is 0 Å². The van der Waals surface area contributed by atoms with E-state index in [1.165, 1.54) is 0 Å². The van der Waals surface area contributed by atoms with E-state index in [4.69, 9.17) is 19.4 Å². The Bertz CT molecular complexity index is 276. The van der Waals surface area contributed by atoms with Crippen LogP contribution in [0.5, 0.6) is 0 Å². The molecule has 1 atom stereocenters. The van der Waals surface area contributed by atoms with Crippen LogP contribution in [-0.4, -0.2) is 55.6 Å². The van der Waals surface area contributed by atoms with Gasteiger partial charge in [0.1, 0.15) is 0 Å². The third kappa shape index (κ3) is 7.07. The van der Waals surface area contributed by atoms with E-state index in [2.05, 4.69) is 5.32 Å². The Morgan fingerprint density at radius 1 is 1.50 bits per heavy atom. The van der Waals surface area contributed by atoms with E-state index in [1.54, 1.807) is 6.92 Å². The van der Waals surface area contributed by atoms with Gasteiger partial charge in [-0.2, -0.15) is 13.2 Å². The van der Waals surface area contributed by atoms with Crippen molar-refractivity contribution in [1.82, 2.24) is 5.32 Å². The summed E-state index contributed by atoms with van der Waals surface area (Å²) in [5.41, 5.74) is 0. The molecule has 0 saturated carbocycles. The molecule has 0 aromatic carbocycles. The summed E-state index contributed by atoms with van der Waals surface area (Å²) in [6, 6.07) is 0. The lowest BCUT2D eigenvalue weighted by Gasteiger charge is -2.21. The van der Waals surface area contributed by atoms with Gasteiger partial charge in [0, 0.05) is 13.1 Å². The van der Waals surface area contributed by atoms with Crippen LogP contribution in [0.1, 0.15) is 6.92 Å². The minimum absolute atomic E-state index is 0.264. The summed E-state index contributed by atoms with van der Waals surface area (Å²) in [6.07, 6.45) is -5.48. The second-order valence-corrected chi connectivity index (χ2v) is 3.12. The molecule has 1 aliphatic rings. The number of hydrogen-bond donors (Lipinski definition) is 2. The maximum absolute atomic E-state index is 11.0. The van der Waals surface area contributed by atoms with Gasteiger partial charge in [-0.05, 0) is 6.92 Å². The molecule has 1 rings (SSSR count). The summed E-state index contributed by atoms with van der Waals surface area (Å²) in [4.78, 5) is 19.9. The van der Waals surface area contributed by atoms with Crippen molar-refractivity contribution in [3.8, 4) is 0 Å². The molecule has 2 N–H and O–H groups in total. The Hall–Kier alpha value is -1.35. The molecule has 1 saturated heterocycles. The van der Waals surface area contributed by atoms with Crippen LogP contribution in [0.3, 0.4) is 0 Å². The van der Waals surface area contributed by atoms with Gasteiger partial charge < -0.3 is 19.9 Å². The summed E-state index contributed by atoms with van der Waals surface area (Å²) >= 11 is 0. The molecule has 0 radical (unpaired) electrons. The molecule has 1 aliphatic heterocycles. The highest BCUT2D eigenvalue weighted by Gasteiger charge is 2.38. The van der Waals surface area contributed by atoms with E-state index >= 15 is 0 Å². The summed E-state index contributed by atoms with van der Waals surface area (Å²) in [7, 11) is 0. The monoisotopic (exact) mass is 273 g/mol. The third-order valence-electron chi connectivity index (χ3n) is 1.72. The molecule has 1 heterocycles. The molecule has 0 aromatic rings. The van der Waals surface area contributed by atoms with Crippen molar-refractivity contribution in [2.75, 3.05) is 26.3 Å². The van der Waals surface area contributed by atoms with Crippen molar-refractivity contribution in [2.24, 2.45) is 0 Å². The summed E-state index contributed by atoms with van der Waals surface area (Å²) in [5.74, 6) is -3.02. The van der Waals surface area contributed by atoms with E-state index in [0.29, 0.717) is 19.8 Å². The lowest BCUT2D eigenvalue weighted by Crippen LogP contribution is -2.43. The Morgan fingerprint density at radius 2 is 2.06 bits per heavy atom. The van der Waals surface area contributed by atoms with Gasteiger partial charge in [-0.3, -0.25) is 0 Å². The molecule has 18 heavy (non-hydrogen) atoms. The molecule has 1 fully saturated rings. The van der Waals surface area contributed by atoms with E-state index in [0.717, 1.165) is 6.54 Å². The number of carboxylic acid groups (broad SMARTS) is 1. The zero-order valence-corrected chi connectivity index (χ0v) is 9.62. The number of carboxylic acids is 1. The molecular formula is C9H14F3NO5. The largest absolute Gasteiger partial charge is 0.490 e. The highest BCUT2D eigenvalue weighted by molar-refractivity contribution is 5.75. The lowest BCUT2D eigenvalue weighted by atomic mass is 10.3. The fraction of sp³-hybridized carbons (Fsp3) is 0.778. The fourth-order valence-electron chi connectivity index (χ4n) is 0.952. The van der Waals surface area contributed by atoms with Gasteiger partial charge in [-0.25, -0.2) is 9.59 Å². The first kappa shape index (κ1) is 16.6. The second-order valence-electron chi connectivity index (χ2n) is 3.12. The Balaban J connectivity index is 0.000000360. The van der Waals surface area contributed by atoms with Crippen molar-refractivity contribution in [3.63, 3.8) is 0 Å². The molecule has 9 heteroatoms. The predicted octanol–water partition coefficient (Wildman–Crippen LogP) is 0.171. The van der Waals surface area contributed by atoms with Gasteiger partial charge in [0.15, 0.2) is 6.10 Å². The molecule has 0 unspecified atom stereocenters. The third-order valence-corrected chi connectivity index (χ3v) is 1.72. The fourth-order valence-corrected chi connectivity index (χ4v) is 0.952. The molecule has 6 nitrogen and oxygen atoms in total. The molecule has 0 aromatic heterocycles. The highest BCUT2D eigenvalue weighted by atomic mass is 19.4. The van der Waals surface area contributed by atoms with Gasteiger partial charge in [-0.15, -0.1) is 0 Å². The molecule has 106 valence electrons. The van der Waals surface area contributed by atoms with Crippen molar-refractivity contribution < 1.29 is 37.3 Å². The van der Waals surface area contributed by atoms with Crippen LogP contribution in [0.4, 0.5) is 13.2 Å². The van der Waals surface area contributed by atoms with Crippen molar-refractivity contribution in [3.05, 3.63) is 0 Å². The zero-order valence-electron chi connectivity index (χ0n) is 9.62. The average Bonchev–Trinajstić information content (AvgIpc) is 2.30. The second kappa shape index (κ2) is 7.88. The van der Waals surface area contributed by atoms with Crippen LogP contribution in [0.2, 0.25) is 0 Å². The number of carbonyl (C=O) groups is 2. The Kier molecular flexibility index (Phi) is 7.29. The quantitative estimate of drug-likeness (QED) is 0.698. The standard InChI is InChI=1S/C7H13NO3.C2HF3O2/c1-2-10-7(9)6-5-8-3-4-11-6;3-2(4,5)1(6)7/h6,8H,2-5H2,1H3;(H,6,7)/t6-;/m0./s1. The van der Waals surface area contributed by atoms with Crippen molar-refractivity contribution in [1.29, 1.82) is 0 Å². The molecule has 0 bridgehead atoms. The van der Waals surface area contributed by atoms with E-state index in [-0.39, 0.29) is 5.97 Å². The predicted molar refractivity (Wildman–Crippen MR) is 52.9 cm³/mol. The molecule has 0 spiro atoms. The van der Waals surface area contributed by atoms with Gasteiger partial charge in [0.2, 0.25) is 0 Å². The number of alkyl halides is 3. The number of halogens is 3. The summed E-state index contributed by atoms with van der Waals surface area (Å²) in [6.45, 7) is 4.17. The number of nitrogens with one attached hydrogen (secondary N) is 1. The highest BCUT2D eigenvalue weighted by Crippen LogP contribution is 2.13. The molecular weight excluding hydrogens is 259 g/mol. The number of esters is 1. The van der Waals surface area contributed by atoms with Crippen molar-refractivity contribution in [2.45, 2.75) is 19.2 Å². The first-order chi connectivity index (χ1) is 8.29. The first-order valence-corrected chi connectivity index (χ1v) is 5.08. The first-order valence-electron chi connectivity index (χ1n) is 5.08. The van der Waals surface area contributed by atoms with Gasteiger partial charge in [-0.1, -0.05) is 0 Å². The Labute approximate surface area is 101 Å². The van der Waals surface area contributed by atoms with E-state index < -0.39 is 18.2 Å². The number of morpholine rings is 1. The molecule has 0 amide bonds. The van der Waals surface area contributed by atoms with Gasteiger partial charge >= 0.3 is 18.1 Å². The Morgan fingerprint density at radius 3 is 2.39 bits per heavy atom. The number of rotatable bonds is 2. The SMILES string of the molecule is CCOC(=O)[C@@H]1CNCCO1.O=C(O)C(F)(F)F. The zero-order chi connectivity index (χ0) is 14.2. The van der Waals surface area contributed by atoms with Crippen LogP contribution in [0.15, 0.2) is 0 Å². The average molecular weight is 273 g/mol. The van der Waals surface area contributed by atoms with E-state index in [9.17, 15) is 18.0 Å². The normalized spacial score (nSPS) is 19.4. The topological polar surface area (TPSA) is 84.9 Å². The van der Waals surface area contributed by atoms with E-state index in [1.807, 2.05) is 0 Å². The van der Waals surface area contributed by atoms with Crippen molar-refractivity contribution >= 4 is 11.9 Å². The maximum Gasteiger partial charge on any atom is 0.490 e. The van der Waals surface area contributed by atoms with Crippen LogP contribution < -0.4 is 5.32 Å². The summed E-state index contributed by atoms with van der Waals surface area (Å²) < 4.78 is 41.7. The number of carbonyl (C=O) groups excluding carboxylic acids is 1. The molecule has 0 aliphatic carbocycles. The minimum Gasteiger partial charge on any atom is -0.475 e. The van der Waals surface area contributed by atoms with Gasteiger partial charge in [0.05, 0.1) is 13.2 Å². The van der Waals surface area contributed by atoms with Crippen LogP contribution in [0.25, 0.3) is 0 Å². The van der Waals surface area contributed by atoms with Crippen LogP contribution in [-0.2, 0) is 19.1 Å². The smallest absolute Gasteiger partial charge is 0.475 e.